The van der Waals surface area contributed by atoms with Crippen molar-refractivity contribution in [1.82, 2.24) is 20.5 Å². The van der Waals surface area contributed by atoms with E-state index in [1.165, 1.54) is 7.05 Å². The van der Waals surface area contributed by atoms with Gasteiger partial charge in [0.25, 0.3) is 5.91 Å². The second kappa shape index (κ2) is 10.8. The minimum absolute atomic E-state index is 0.143. The molecular formula is C21H21ClN6O3S. The van der Waals surface area contributed by atoms with Crippen molar-refractivity contribution in [2.75, 3.05) is 18.6 Å². The van der Waals surface area contributed by atoms with E-state index in [1.54, 1.807) is 30.0 Å². The number of carbonyl (C=O) groups is 2. The highest BCUT2D eigenvalue weighted by molar-refractivity contribution is 7.98. The summed E-state index contributed by atoms with van der Waals surface area (Å²) in [5, 5.41) is 13.7. The Labute approximate surface area is 194 Å². The maximum atomic E-state index is 12.2. The molecule has 2 heterocycles. The number of nitrogens with one attached hydrogen (secondary N) is 2. The van der Waals surface area contributed by atoms with E-state index in [0.717, 1.165) is 21.8 Å². The van der Waals surface area contributed by atoms with Gasteiger partial charge < -0.3 is 21.1 Å². The SMILES string of the molecule is CNC(=O)c1nnc(Cl)cc1Nc1cc(CCc2cccc(OC(N)=O)n2)ccc1SC. The fourth-order valence-corrected chi connectivity index (χ4v) is 3.61. The molecule has 11 heteroatoms. The van der Waals surface area contributed by atoms with Crippen LogP contribution in [0.4, 0.5) is 16.2 Å². The van der Waals surface area contributed by atoms with Gasteiger partial charge in [0.1, 0.15) is 0 Å². The summed E-state index contributed by atoms with van der Waals surface area (Å²) in [6.45, 7) is 0. The quantitative estimate of drug-likeness (QED) is 0.423. The van der Waals surface area contributed by atoms with Gasteiger partial charge in [0.15, 0.2) is 10.8 Å². The first-order valence-electron chi connectivity index (χ1n) is 9.52. The fourth-order valence-electron chi connectivity index (χ4n) is 2.93. The van der Waals surface area contributed by atoms with Gasteiger partial charge in [0.05, 0.1) is 11.4 Å². The zero-order valence-electron chi connectivity index (χ0n) is 17.4. The van der Waals surface area contributed by atoms with E-state index in [1.807, 2.05) is 30.5 Å². The molecule has 0 aliphatic carbocycles. The van der Waals surface area contributed by atoms with E-state index in [4.69, 9.17) is 22.1 Å². The lowest BCUT2D eigenvalue weighted by Gasteiger charge is -2.14. The smallest absolute Gasteiger partial charge is 0.391 e. The number of carbonyl (C=O) groups excluding carboxylic acids is 2. The van der Waals surface area contributed by atoms with Crippen LogP contribution in [0.25, 0.3) is 0 Å². The van der Waals surface area contributed by atoms with Crippen molar-refractivity contribution in [3.63, 3.8) is 0 Å². The number of aromatic nitrogens is 3. The average molecular weight is 473 g/mol. The first-order valence-corrected chi connectivity index (χ1v) is 11.1. The summed E-state index contributed by atoms with van der Waals surface area (Å²) < 4.78 is 4.83. The molecule has 0 unspecified atom stereocenters. The van der Waals surface area contributed by atoms with E-state index in [-0.39, 0.29) is 22.6 Å². The van der Waals surface area contributed by atoms with Gasteiger partial charge in [-0.3, -0.25) is 4.79 Å². The van der Waals surface area contributed by atoms with E-state index in [9.17, 15) is 9.59 Å². The molecule has 2 aromatic heterocycles. The lowest BCUT2D eigenvalue weighted by molar-refractivity contribution is 0.0958. The Morgan fingerprint density at radius 2 is 1.94 bits per heavy atom. The number of thioether (sulfide) groups is 1. The molecular weight excluding hydrogens is 452 g/mol. The predicted octanol–water partition coefficient (Wildman–Crippen LogP) is 3.59. The van der Waals surface area contributed by atoms with Crippen LogP contribution in [-0.2, 0) is 12.8 Å². The third kappa shape index (κ3) is 6.08. The molecule has 0 aliphatic heterocycles. The summed E-state index contributed by atoms with van der Waals surface area (Å²) in [5.41, 5.74) is 8.26. The maximum absolute atomic E-state index is 12.2. The number of nitrogens with two attached hydrogens (primary N) is 1. The Bertz CT molecular complexity index is 1140. The monoisotopic (exact) mass is 472 g/mol. The molecule has 2 amide bonds. The topological polar surface area (TPSA) is 132 Å². The second-order valence-corrected chi connectivity index (χ2v) is 7.79. The third-order valence-corrected chi connectivity index (χ3v) is 5.38. The number of pyridine rings is 1. The zero-order chi connectivity index (χ0) is 23.1. The van der Waals surface area contributed by atoms with Crippen molar-refractivity contribution in [2.45, 2.75) is 17.7 Å². The van der Waals surface area contributed by atoms with Gasteiger partial charge in [0, 0.05) is 29.8 Å². The van der Waals surface area contributed by atoms with Crippen LogP contribution in [-0.4, -0.2) is 40.5 Å². The number of hydrogen-bond acceptors (Lipinski definition) is 8. The van der Waals surface area contributed by atoms with Gasteiger partial charge in [-0.15, -0.1) is 22.0 Å². The number of amides is 2. The van der Waals surface area contributed by atoms with Gasteiger partial charge in [-0.2, -0.15) is 0 Å². The molecule has 0 aliphatic rings. The lowest BCUT2D eigenvalue weighted by Crippen LogP contribution is -2.21. The molecule has 0 saturated carbocycles. The number of rotatable bonds is 8. The minimum atomic E-state index is -0.903. The third-order valence-electron chi connectivity index (χ3n) is 4.40. The Morgan fingerprint density at radius 1 is 1.12 bits per heavy atom. The van der Waals surface area contributed by atoms with Gasteiger partial charge in [-0.1, -0.05) is 23.7 Å². The molecule has 0 radical (unpaired) electrons. The highest BCUT2D eigenvalue weighted by atomic mass is 35.5. The summed E-state index contributed by atoms with van der Waals surface area (Å²) >= 11 is 7.57. The highest BCUT2D eigenvalue weighted by Gasteiger charge is 2.15. The molecule has 0 bridgehead atoms. The highest BCUT2D eigenvalue weighted by Crippen LogP contribution is 2.31. The van der Waals surface area contributed by atoms with Crippen LogP contribution >= 0.6 is 23.4 Å². The molecule has 0 spiro atoms. The average Bonchev–Trinajstić information content (AvgIpc) is 2.77. The number of anilines is 2. The molecule has 0 saturated heterocycles. The van der Waals surface area contributed by atoms with Gasteiger partial charge in [-0.25, -0.2) is 9.78 Å². The Kier molecular flexibility index (Phi) is 7.85. The van der Waals surface area contributed by atoms with Crippen LogP contribution < -0.4 is 21.1 Å². The van der Waals surface area contributed by atoms with Crippen LogP contribution in [0.15, 0.2) is 47.4 Å². The summed E-state index contributed by atoms with van der Waals surface area (Å²) in [6.07, 6.45) is 2.37. The maximum Gasteiger partial charge on any atom is 0.411 e. The molecule has 3 aromatic rings. The normalized spacial score (nSPS) is 10.5. The molecule has 4 N–H and O–H groups in total. The molecule has 3 rings (SSSR count). The van der Waals surface area contributed by atoms with Gasteiger partial charge >= 0.3 is 6.09 Å². The number of ether oxygens (including phenoxy) is 1. The van der Waals surface area contributed by atoms with Crippen molar-refractivity contribution in [1.29, 1.82) is 0 Å². The van der Waals surface area contributed by atoms with Gasteiger partial charge in [0.2, 0.25) is 5.88 Å². The summed E-state index contributed by atoms with van der Waals surface area (Å²) in [7, 11) is 1.52. The molecule has 0 atom stereocenters. The second-order valence-electron chi connectivity index (χ2n) is 6.56. The fraction of sp³-hybridized carbons (Fsp3) is 0.190. The number of primary amides is 1. The molecule has 9 nitrogen and oxygen atoms in total. The first kappa shape index (κ1) is 23.3. The largest absolute Gasteiger partial charge is 0.411 e. The first-order chi connectivity index (χ1) is 15.4. The molecule has 1 aromatic carbocycles. The van der Waals surface area contributed by atoms with Crippen LogP contribution in [0.1, 0.15) is 21.7 Å². The van der Waals surface area contributed by atoms with Gasteiger partial charge in [-0.05, 0) is 42.9 Å². The number of nitrogens with zero attached hydrogens (tertiary/aromatic N) is 3. The van der Waals surface area contributed by atoms with Crippen LogP contribution in [0, 0.1) is 0 Å². The predicted molar refractivity (Wildman–Crippen MR) is 124 cm³/mol. The molecule has 32 heavy (non-hydrogen) atoms. The number of hydrogen-bond donors (Lipinski definition) is 3. The summed E-state index contributed by atoms with van der Waals surface area (Å²) in [4.78, 5) is 28.4. The van der Waals surface area contributed by atoms with E-state index < -0.39 is 6.09 Å². The number of halogens is 1. The lowest BCUT2D eigenvalue weighted by atomic mass is 10.1. The Hall–Kier alpha value is -3.37. The number of aryl methyl sites for hydroxylation is 2. The van der Waals surface area contributed by atoms with Crippen LogP contribution in [0.3, 0.4) is 0 Å². The zero-order valence-corrected chi connectivity index (χ0v) is 19.0. The molecule has 0 fully saturated rings. The number of benzene rings is 1. The van der Waals surface area contributed by atoms with Crippen molar-refractivity contribution in [3.8, 4) is 5.88 Å². The van der Waals surface area contributed by atoms with Crippen molar-refractivity contribution >= 4 is 46.7 Å². The Morgan fingerprint density at radius 3 is 2.66 bits per heavy atom. The minimum Gasteiger partial charge on any atom is -0.391 e. The van der Waals surface area contributed by atoms with Crippen LogP contribution in [0.2, 0.25) is 5.15 Å². The van der Waals surface area contributed by atoms with E-state index >= 15 is 0 Å². The molecule has 166 valence electrons. The summed E-state index contributed by atoms with van der Waals surface area (Å²) in [5.74, 6) is -0.207. The van der Waals surface area contributed by atoms with E-state index in [2.05, 4.69) is 25.8 Å². The van der Waals surface area contributed by atoms with Crippen molar-refractivity contribution in [2.24, 2.45) is 5.73 Å². The van der Waals surface area contributed by atoms with E-state index in [0.29, 0.717) is 18.5 Å². The summed E-state index contributed by atoms with van der Waals surface area (Å²) in [6, 6.07) is 12.8. The van der Waals surface area contributed by atoms with Crippen LogP contribution in [0.5, 0.6) is 5.88 Å². The van der Waals surface area contributed by atoms with Crippen molar-refractivity contribution in [3.05, 3.63) is 64.6 Å². The Balaban J connectivity index is 1.82. The standard InChI is InChI=1S/C21H21ClN6O3S/c1-24-20(29)19-15(11-17(22)27-28-19)26-14-10-12(7-9-16(14)32-2)6-8-13-4-3-5-18(25-13)31-21(23)30/h3-5,7,9-11H,6,8H2,1-2H3,(H2,23,30)(H,24,29)(H,26,27). The van der Waals surface area contributed by atoms with Crippen molar-refractivity contribution < 1.29 is 14.3 Å².